The first-order valence-electron chi connectivity index (χ1n) is 25.3. The lowest BCUT2D eigenvalue weighted by atomic mass is 9.70. The number of hydrogen-bond donors (Lipinski definition) is 0. The van der Waals surface area contributed by atoms with E-state index in [9.17, 15) is 0 Å². The van der Waals surface area contributed by atoms with Crippen molar-refractivity contribution in [2.75, 3.05) is 4.90 Å². The topological polar surface area (TPSA) is 3.24 Å². The van der Waals surface area contributed by atoms with Crippen LogP contribution >= 0.6 is 0 Å². The van der Waals surface area contributed by atoms with Crippen LogP contribution in [0.15, 0.2) is 109 Å². The fourth-order valence-corrected chi connectivity index (χ4v) is 11.3. The molecule has 0 saturated heterocycles. The van der Waals surface area contributed by atoms with Gasteiger partial charge >= 0.3 is 0 Å². The quantitative estimate of drug-likeness (QED) is 0.0469. The molecule has 0 N–H and O–H groups in total. The van der Waals surface area contributed by atoms with Gasteiger partial charge in [-0.15, -0.1) is 0 Å². The van der Waals surface area contributed by atoms with Gasteiger partial charge in [0.05, 0.1) is 0 Å². The summed E-state index contributed by atoms with van der Waals surface area (Å²) in [7, 11) is 0. The zero-order valence-electron chi connectivity index (χ0n) is 39.6. The Kier molecular flexibility index (Phi) is 15.9. The van der Waals surface area contributed by atoms with Crippen LogP contribution in [0.4, 0.5) is 17.1 Å². The van der Waals surface area contributed by atoms with Gasteiger partial charge in [-0.05, 0) is 119 Å². The molecule has 0 fully saturated rings. The summed E-state index contributed by atoms with van der Waals surface area (Å²) in [5.41, 5.74) is 16.8. The summed E-state index contributed by atoms with van der Waals surface area (Å²) >= 11 is 0. The van der Waals surface area contributed by atoms with E-state index in [-0.39, 0.29) is 10.8 Å². The predicted octanol–water partition coefficient (Wildman–Crippen LogP) is 18.6. The summed E-state index contributed by atoms with van der Waals surface area (Å²) in [6.07, 6.45) is 25.5. The zero-order chi connectivity index (χ0) is 43.4. The van der Waals surface area contributed by atoms with Gasteiger partial charge in [-0.1, -0.05) is 217 Å². The second-order valence-corrected chi connectivity index (χ2v) is 19.3. The van der Waals surface area contributed by atoms with E-state index in [0.717, 1.165) is 5.56 Å². The van der Waals surface area contributed by atoms with E-state index in [2.05, 4.69) is 167 Å². The Hall–Kier alpha value is -4.54. The molecule has 0 spiro atoms. The summed E-state index contributed by atoms with van der Waals surface area (Å²) in [4.78, 5) is 2.59. The van der Waals surface area contributed by atoms with Gasteiger partial charge in [0.2, 0.25) is 0 Å². The summed E-state index contributed by atoms with van der Waals surface area (Å²) in [5, 5.41) is 0. The third-order valence-electron chi connectivity index (χ3n) is 14.5. The summed E-state index contributed by atoms with van der Waals surface area (Å²) in [6.45, 7) is 13.7. The number of rotatable bonds is 23. The molecule has 5 aromatic rings. The number of unbranched alkanes of at least 4 members (excludes halogenated alkanes) is 12. The molecule has 0 heterocycles. The van der Waals surface area contributed by atoms with Crippen molar-refractivity contribution in [1.82, 2.24) is 0 Å². The highest BCUT2D eigenvalue weighted by atomic mass is 15.1. The van der Waals surface area contributed by atoms with Crippen molar-refractivity contribution in [2.45, 2.75) is 181 Å². The van der Waals surface area contributed by atoms with E-state index < -0.39 is 0 Å². The molecule has 0 radical (unpaired) electrons. The van der Waals surface area contributed by atoms with Crippen LogP contribution in [0.5, 0.6) is 0 Å². The SMILES string of the molecule is CCCCCCC1(CCCCCC)c2ccccc2-c2ccc(N(c3ccc(C#CC(C)C)cc3)c3ccc4c(c3)C(CCCCCC)(CCCCCC)c3ccccc3-4)cc21. The molecule has 1 heteroatoms. The minimum absolute atomic E-state index is 0.0249. The molecule has 0 amide bonds. The Labute approximate surface area is 378 Å². The van der Waals surface area contributed by atoms with Crippen LogP contribution in [-0.2, 0) is 10.8 Å². The summed E-state index contributed by atoms with van der Waals surface area (Å²) < 4.78 is 0. The normalized spacial score (nSPS) is 13.9. The summed E-state index contributed by atoms with van der Waals surface area (Å²) in [6, 6.07) is 43.1. The lowest BCUT2D eigenvalue weighted by Gasteiger charge is -2.35. The number of nitrogens with zero attached hydrogens (tertiary/aromatic N) is 1. The van der Waals surface area contributed by atoms with Gasteiger partial charge in [-0.3, -0.25) is 0 Å². The van der Waals surface area contributed by atoms with Crippen LogP contribution in [0.25, 0.3) is 22.3 Å². The minimum Gasteiger partial charge on any atom is -0.310 e. The van der Waals surface area contributed by atoms with Crippen molar-refractivity contribution in [2.24, 2.45) is 5.92 Å². The summed E-state index contributed by atoms with van der Waals surface area (Å²) in [5.74, 6) is 7.18. The van der Waals surface area contributed by atoms with Crippen molar-refractivity contribution in [3.05, 3.63) is 137 Å². The average Bonchev–Trinajstić information content (AvgIpc) is 3.73. The second-order valence-electron chi connectivity index (χ2n) is 19.3. The Morgan fingerprint density at radius 2 is 0.774 bits per heavy atom. The molecule has 0 aromatic heterocycles. The van der Waals surface area contributed by atoms with Crippen LogP contribution in [0.3, 0.4) is 0 Å². The first-order valence-corrected chi connectivity index (χ1v) is 25.3. The van der Waals surface area contributed by atoms with Gasteiger partial charge in [0.15, 0.2) is 0 Å². The van der Waals surface area contributed by atoms with Crippen molar-refractivity contribution in [3.63, 3.8) is 0 Å². The van der Waals surface area contributed by atoms with Gasteiger partial charge in [0.25, 0.3) is 0 Å². The maximum absolute atomic E-state index is 3.44. The molecule has 7 rings (SSSR count). The third-order valence-corrected chi connectivity index (χ3v) is 14.5. The Bertz CT molecular complexity index is 2110. The molecule has 0 saturated carbocycles. The highest BCUT2D eigenvalue weighted by Gasteiger charge is 2.44. The van der Waals surface area contributed by atoms with Gasteiger partial charge in [0.1, 0.15) is 0 Å². The average molecular weight is 824 g/mol. The molecule has 2 aliphatic carbocycles. The van der Waals surface area contributed by atoms with E-state index in [4.69, 9.17) is 0 Å². The number of hydrogen-bond acceptors (Lipinski definition) is 1. The van der Waals surface area contributed by atoms with E-state index in [1.54, 1.807) is 22.3 Å². The van der Waals surface area contributed by atoms with E-state index in [1.165, 1.54) is 168 Å². The van der Waals surface area contributed by atoms with Crippen LogP contribution in [0.1, 0.15) is 198 Å². The molecular weight excluding hydrogens is 747 g/mol. The van der Waals surface area contributed by atoms with Crippen LogP contribution < -0.4 is 4.90 Å². The third kappa shape index (κ3) is 9.66. The minimum atomic E-state index is 0.0249. The van der Waals surface area contributed by atoms with E-state index >= 15 is 0 Å². The molecule has 0 aliphatic heterocycles. The van der Waals surface area contributed by atoms with Gasteiger partial charge in [0, 0.05) is 39.4 Å². The Morgan fingerprint density at radius 1 is 0.403 bits per heavy atom. The number of anilines is 3. The Balaban J connectivity index is 1.40. The molecule has 2 aliphatic rings. The molecular formula is C61H77N. The monoisotopic (exact) mass is 824 g/mol. The first kappa shape index (κ1) is 45.5. The van der Waals surface area contributed by atoms with Crippen molar-refractivity contribution >= 4 is 17.1 Å². The fourth-order valence-electron chi connectivity index (χ4n) is 11.3. The molecule has 5 aromatic carbocycles. The molecule has 0 bridgehead atoms. The Morgan fingerprint density at radius 3 is 1.16 bits per heavy atom. The van der Waals surface area contributed by atoms with Crippen LogP contribution in [0, 0.1) is 17.8 Å². The van der Waals surface area contributed by atoms with E-state index in [1.807, 2.05) is 0 Å². The van der Waals surface area contributed by atoms with Gasteiger partial charge in [-0.2, -0.15) is 0 Å². The van der Waals surface area contributed by atoms with Crippen LogP contribution in [-0.4, -0.2) is 0 Å². The van der Waals surface area contributed by atoms with Gasteiger partial charge < -0.3 is 4.90 Å². The molecule has 326 valence electrons. The van der Waals surface area contributed by atoms with E-state index in [0.29, 0.717) is 5.92 Å². The smallest absolute Gasteiger partial charge is 0.0465 e. The largest absolute Gasteiger partial charge is 0.310 e. The van der Waals surface area contributed by atoms with Crippen molar-refractivity contribution < 1.29 is 0 Å². The van der Waals surface area contributed by atoms with Crippen LogP contribution in [0.2, 0.25) is 0 Å². The van der Waals surface area contributed by atoms with Gasteiger partial charge in [-0.25, -0.2) is 0 Å². The predicted molar refractivity (Wildman–Crippen MR) is 270 cm³/mol. The second kappa shape index (κ2) is 21.7. The lowest BCUT2D eigenvalue weighted by molar-refractivity contribution is 0.401. The fraction of sp³-hybridized carbons (Fsp3) is 0.475. The molecule has 1 nitrogen and oxygen atoms in total. The van der Waals surface area contributed by atoms with Crippen molar-refractivity contribution in [3.8, 4) is 34.1 Å². The molecule has 0 unspecified atom stereocenters. The lowest BCUT2D eigenvalue weighted by Crippen LogP contribution is -2.26. The maximum Gasteiger partial charge on any atom is 0.0465 e. The number of fused-ring (bicyclic) bond motifs is 6. The number of benzene rings is 5. The zero-order valence-corrected chi connectivity index (χ0v) is 39.6. The highest BCUT2D eigenvalue weighted by molar-refractivity contribution is 5.88. The maximum atomic E-state index is 3.44. The highest BCUT2D eigenvalue weighted by Crippen LogP contribution is 2.58. The molecule has 0 atom stereocenters. The first-order chi connectivity index (χ1) is 30.4. The standard InChI is InChI=1S/C61H77N/c1-7-11-15-23-41-60(42-24-16-12-8-2)56-29-21-19-27-52(56)54-39-37-50(45-58(54)60)62(49-35-33-48(34-36-49)32-31-47(5)6)51-38-40-55-53-28-20-22-30-57(53)61(59(55)46-51,43-25-17-13-9-3)44-26-18-14-10-4/h19-22,27-30,33-40,45-47H,7-18,23-26,41-44H2,1-6H3. The van der Waals surface area contributed by atoms with Crippen molar-refractivity contribution in [1.29, 1.82) is 0 Å². The molecule has 62 heavy (non-hydrogen) atoms.